The molecule has 3 rings (SSSR count). The molecule has 1 fully saturated rings. The Morgan fingerprint density at radius 3 is 2.70 bits per heavy atom. The number of nitrogens with one attached hydrogen (secondary N) is 4. The number of aromatic amines is 1. The van der Waals surface area contributed by atoms with Gasteiger partial charge in [0.25, 0.3) is 0 Å². The van der Waals surface area contributed by atoms with Gasteiger partial charge in [-0.3, -0.25) is 9.59 Å². The minimum absolute atomic E-state index is 0.194. The molecule has 0 aliphatic carbocycles. The normalized spacial score (nSPS) is 24.0. The number of carbonyl (C=O) groups is 2. The van der Waals surface area contributed by atoms with Crippen molar-refractivity contribution in [3.63, 3.8) is 0 Å². The number of nitrogens with zero attached hydrogens (tertiary/aromatic N) is 3. The number of fused-ring (bicyclic) bond motifs is 1. The van der Waals surface area contributed by atoms with Crippen LogP contribution in [0.5, 0.6) is 0 Å². The summed E-state index contributed by atoms with van der Waals surface area (Å²) in [5.41, 5.74) is 0.774. The maximum Gasteiger partial charge on any atom is 0.244 e. The highest BCUT2D eigenvalue weighted by Crippen LogP contribution is 2.26. The Labute approximate surface area is 232 Å². The number of carbonyl (C=O) groups excluding carboxylic acids is 2. The molecule has 1 aliphatic rings. The topological polar surface area (TPSA) is 215 Å². The van der Waals surface area contributed by atoms with Crippen molar-refractivity contribution in [3.8, 4) is 0 Å². The molecule has 40 heavy (non-hydrogen) atoms. The van der Waals surface area contributed by atoms with Crippen LogP contribution < -0.4 is 16.0 Å². The summed E-state index contributed by atoms with van der Waals surface area (Å²) >= 11 is 0. The number of hydrogen-bond acceptors (Lipinski definition) is 11. The van der Waals surface area contributed by atoms with Crippen LogP contribution in [0.1, 0.15) is 45.4 Å². The summed E-state index contributed by atoms with van der Waals surface area (Å²) in [5.74, 6) is -0.992. The quantitative estimate of drug-likeness (QED) is 0.0798. The SMILES string of the molecule is CCCCCCC/C=C/C=C/C(=O)NCC(=O)N[C@@H]1[C@@H](O)[C@@H](O)[C@@H](Nc2ncnc3[nH]cnc23)O[C@H]1[C@@H](O)CO. The molecule has 8 N–H and O–H groups in total. The summed E-state index contributed by atoms with van der Waals surface area (Å²) in [7, 11) is 0. The van der Waals surface area contributed by atoms with E-state index in [4.69, 9.17) is 4.74 Å². The van der Waals surface area contributed by atoms with Gasteiger partial charge >= 0.3 is 0 Å². The van der Waals surface area contributed by atoms with Gasteiger partial charge < -0.3 is 46.1 Å². The minimum Gasteiger partial charge on any atom is -0.394 e. The van der Waals surface area contributed by atoms with Crippen LogP contribution in [-0.2, 0) is 14.3 Å². The van der Waals surface area contributed by atoms with Crippen LogP contribution in [-0.4, -0.2) is 102 Å². The number of aromatic nitrogens is 4. The first-order valence-corrected chi connectivity index (χ1v) is 13.5. The second kappa shape index (κ2) is 16.0. The summed E-state index contributed by atoms with van der Waals surface area (Å²) in [6, 6.07) is -1.30. The number of hydrogen-bond donors (Lipinski definition) is 8. The van der Waals surface area contributed by atoms with Gasteiger partial charge in [0.15, 0.2) is 17.7 Å². The number of imidazole rings is 1. The number of rotatable bonds is 15. The maximum atomic E-state index is 12.5. The summed E-state index contributed by atoms with van der Waals surface area (Å²) in [5, 5.41) is 49.1. The third-order valence-electron chi connectivity index (χ3n) is 6.47. The third kappa shape index (κ3) is 8.79. The van der Waals surface area contributed by atoms with Crippen LogP contribution in [0.15, 0.2) is 37.0 Å². The van der Waals surface area contributed by atoms with Crippen LogP contribution in [0, 0.1) is 0 Å². The number of H-pyrrole nitrogens is 1. The third-order valence-corrected chi connectivity index (χ3v) is 6.47. The van der Waals surface area contributed by atoms with Crippen LogP contribution in [0.4, 0.5) is 5.82 Å². The molecule has 3 heterocycles. The second-order valence-electron chi connectivity index (χ2n) is 9.52. The lowest BCUT2D eigenvalue weighted by Crippen LogP contribution is -2.68. The van der Waals surface area contributed by atoms with Crippen molar-refractivity contribution in [1.82, 2.24) is 30.6 Å². The molecule has 0 bridgehead atoms. The Hall–Kier alpha value is -3.43. The van der Waals surface area contributed by atoms with E-state index in [2.05, 4.69) is 42.8 Å². The van der Waals surface area contributed by atoms with Gasteiger partial charge in [-0.05, 0) is 12.8 Å². The number of unbranched alkanes of at least 4 members (excludes halogenated alkanes) is 5. The first-order valence-electron chi connectivity index (χ1n) is 13.5. The number of aliphatic hydroxyl groups excluding tert-OH is 4. The van der Waals surface area contributed by atoms with Crippen molar-refractivity contribution in [1.29, 1.82) is 0 Å². The van der Waals surface area contributed by atoms with Gasteiger partial charge in [0.2, 0.25) is 11.8 Å². The zero-order chi connectivity index (χ0) is 28.9. The van der Waals surface area contributed by atoms with Crippen LogP contribution in [0.3, 0.4) is 0 Å². The summed E-state index contributed by atoms with van der Waals surface area (Å²) < 4.78 is 5.75. The lowest BCUT2D eigenvalue weighted by Gasteiger charge is -2.44. The Kier molecular flexibility index (Phi) is 12.4. The second-order valence-corrected chi connectivity index (χ2v) is 9.52. The molecule has 2 aromatic heterocycles. The highest BCUT2D eigenvalue weighted by molar-refractivity contribution is 5.91. The van der Waals surface area contributed by atoms with Gasteiger partial charge in [-0.25, -0.2) is 15.0 Å². The fraction of sp³-hybridized carbons (Fsp3) is 0.577. The summed E-state index contributed by atoms with van der Waals surface area (Å²) in [6.07, 6.45) is 8.88. The van der Waals surface area contributed by atoms with E-state index < -0.39 is 61.7 Å². The Bertz CT molecular complexity index is 1140. The Morgan fingerprint density at radius 2 is 1.93 bits per heavy atom. The van der Waals surface area contributed by atoms with Gasteiger partial charge in [-0.15, -0.1) is 0 Å². The van der Waals surface area contributed by atoms with E-state index in [1.54, 1.807) is 12.2 Å². The number of amides is 2. The monoisotopic (exact) mass is 561 g/mol. The summed E-state index contributed by atoms with van der Waals surface area (Å²) in [4.78, 5) is 39.6. The molecule has 14 heteroatoms. The molecule has 0 saturated carbocycles. The molecule has 6 atom stereocenters. The Morgan fingerprint density at radius 1 is 1.12 bits per heavy atom. The predicted molar refractivity (Wildman–Crippen MR) is 146 cm³/mol. The van der Waals surface area contributed by atoms with E-state index in [-0.39, 0.29) is 5.82 Å². The number of allylic oxidation sites excluding steroid dienone is 3. The van der Waals surface area contributed by atoms with E-state index in [0.29, 0.717) is 11.2 Å². The van der Waals surface area contributed by atoms with Crippen molar-refractivity contribution in [2.24, 2.45) is 0 Å². The van der Waals surface area contributed by atoms with Gasteiger partial charge in [-0.2, -0.15) is 0 Å². The van der Waals surface area contributed by atoms with E-state index in [0.717, 1.165) is 12.8 Å². The Balaban J connectivity index is 1.52. The van der Waals surface area contributed by atoms with E-state index in [9.17, 15) is 30.0 Å². The van der Waals surface area contributed by atoms with Crippen LogP contribution in [0.2, 0.25) is 0 Å². The van der Waals surface area contributed by atoms with Crippen molar-refractivity contribution >= 4 is 28.8 Å². The van der Waals surface area contributed by atoms with Gasteiger partial charge in [0, 0.05) is 6.08 Å². The number of anilines is 1. The minimum atomic E-state index is -1.61. The van der Waals surface area contributed by atoms with Gasteiger partial charge in [0.1, 0.15) is 36.3 Å². The molecule has 0 spiro atoms. The van der Waals surface area contributed by atoms with Crippen molar-refractivity contribution in [2.75, 3.05) is 18.5 Å². The lowest BCUT2D eigenvalue weighted by molar-refractivity contribution is -0.204. The smallest absolute Gasteiger partial charge is 0.244 e. The highest BCUT2D eigenvalue weighted by atomic mass is 16.5. The number of ether oxygens (including phenoxy) is 1. The molecular weight excluding hydrogens is 522 g/mol. The zero-order valence-corrected chi connectivity index (χ0v) is 22.4. The van der Waals surface area contributed by atoms with Crippen molar-refractivity contribution < 1.29 is 34.8 Å². The van der Waals surface area contributed by atoms with E-state index >= 15 is 0 Å². The predicted octanol–water partition coefficient (Wildman–Crippen LogP) is -0.361. The molecule has 1 aliphatic heterocycles. The van der Waals surface area contributed by atoms with Crippen molar-refractivity contribution in [3.05, 3.63) is 37.0 Å². The van der Waals surface area contributed by atoms with Gasteiger partial charge in [-0.1, -0.05) is 50.8 Å². The molecule has 1 saturated heterocycles. The maximum absolute atomic E-state index is 12.5. The molecule has 14 nitrogen and oxygen atoms in total. The van der Waals surface area contributed by atoms with E-state index in [1.807, 2.05) is 6.08 Å². The van der Waals surface area contributed by atoms with Gasteiger partial charge in [0.05, 0.1) is 25.5 Å². The molecular formula is C26H39N7O7. The largest absolute Gasteiger partial charge is 0.394 e. The molecule has 0 aromatic carbocycles. The zero-order valence-electron chi connectivity index (χ0n) is 22.4. The molecule has 0 unspecified atom stereocenters. The molecule has 0 radical (unpaired) electrons. The average molecular weight is 562 g/mol. The summed E-state index contributed by atoms with van der Waals surface area (Å²) in [6.45, 7) is 1.01. The fourth-order valence-electron chi connectivity index (χ4n) is 4.29. The highest BCUT2D eigenvalue weighted by Gasteiger charge is 2.48. The molecule has 220 valence electrons. The average Bonchev–Trinajstić information content (AvgIpc) is 3.44. The van der Waals surface area contributed by atoms with Crippen LogP contribution >= 0.6 is 0 Å². The first-order chi connectivity index (χ1) is 19.3. The standard InChI is InChI=1S/C26H39N7O7/c1-2-3-4-5-6-7-8-9-10-11-17(36)27-12-18(37)32-19-21(38)22(39)26(40-23(19)16(35)13-34)33-25-20-24(29-14-28-20)30-15-31-25/h8-11,14-16,19,21-23,26,34-35,38-39H,2-7,12-13H2,1H3,(H,27,36)(H,32,37)(H2,28,29,30,31,33)/b9-8+,11-10+/t16-,19+,21+,22+,23-,26-/m0/s1. The first kappa shape index (κ1) is 31.1. The van der Waals surface area contributed by atoms with Crippen LogP contribution in [0.25, 0.3) is 11.2 Å². The lowest BCUT2D eigenvalue weighted by atomic mass is 9.92. The van der Waals surface area contributed by atoms with E-state index in [1.165, 1.54) is 44.4 Å². The van der Waals surface area contributed by atoms with Crippen molar-refractivity contribution in [2.45, 2.75) is 82.1 Å². The number of aliphatic hydroxyl groups is 4. The fourth-order valence-corrected chi connectivity index (χ4v) is 4.29. The molecule has 2 amide bonds. The molecule has 2 aromatic rings.